The molecule has 1 atom stereocenters. The number of hydrogen-bond acceptors (Lipinski definition) is 3. The third-order valence-electron chi connectivity index (χ3n) is 3.84. The molecule has 17 heavy (non-hydrogen) atoms. The van der Waals surface area contributed by atoms with E-state index < -0.39 is 0 Å². The van der Waals surface area contributed by atoms with Crippen LogP contribution >= 0.6 is 0 Å². The normalized spacial score (nSPS) is 26.1. The average molecular weight is 242 g/mol. The quantitative estimate of drug-likeness (QED) is 0.673. The Bertz CT molecular complexity index is 210. The fourth-order valence-corrected chi connectivity index (χ4v) is 2.55. The molecule has 0 radical (unpaired) electrons. The summed E-state index contributed by atoms with van der Waals surface area (Å²) < 4.78 is 5.54. The van der Waals surface area contributed by atoms with Gasteiger partial charge in [0.15, 0.2) is 0 Å². The number of nitrogens with two attached hydrogens (primary N) is 1. The van der Waals surface area contributed by atoms with Gasteiger partial charge in [-0.3, -0.25) is 0 Å². The maximum atomic E-state index is 5.62. The Kier molecular flexibility index (Phi) is 5.90. The zero-order valence-corrected chi connectivity index (χ0v) is 11.8. The van der Waals surface area contributed by atoms with Gasteiger partial charge in [0, 0.05) is 12.1 Å². The summed E-state index contributed by atoms with van der Waals surface area (Å²) in [4.78, 5) is 0. The Morgan fingerprint density at radius 1 is 1.35 bits per heavy atom. The van der Waals surface area contributed by atoms with Crippen molar-refractivity contribution < 1.29 is 4.74 Å². The number of ether oxygens (including phenoxy) is 1. The molecule has 102 valence electrons. The van der Waals surface area contributed by atoms with E-state index in [1.54, 1.807) is 0 Å². The minimum absolute atomic E-state index is 0.205. The third kappa shape index (κ3) is 5.84. The summed E-state index contributed by atoms with van der Waals surface area (Å²) in [7, 11) is 0. The fraction of sp³-hybridized carbons (Fsp3) is 1.00. The molecule has 0 aromatic carbocycles. The molecule has 1 unspecified atom stereocenters. The largest absolute Gasteiger partial charge is 0.380 e. The van der Waals surface area contributed by atoms with Crippen LogP contribution in [0.5, 0.6) is 0 Å². The van der Waals surface area contributed by atoms with Gasteiger partial charge < -0.3 is 15.8 Å². The molecule has 0 bridgehead atoms. The minimum atomic E-state index is 0.205. The highest BCUT2D eigenvalue weighted by Crippen LogP contribution is 2.26. The minimum Gasteiger partial charge on any atom is -0.380 e. The molecule has 3 nitrogen and oxygen atoms in total. The molecule has 3 N–H and O–H groups in total. The summed E-state index contributed by atoms with van der Waals surface area (Å²) in [5, 5.41) is 3.66. The lowest BCUT2D eigenvalue weighted by Gasteiger charge is -2.35. The van der Waals surface area contributed by atoms with Gasteiger partial charge in [-0.1, -0.05) is 13.8 Å². The van der Waals surface area contributed by atoms with E-state index in [-0.39, 0.29) is 5.54 Å². The van der Waals surface area contributed by atoms with Crippen molar-refractivity contribution in [3.05, 3.63) is 0 Å². The molecule has 1 aliphatic rings. The molecule has 0 aromatic heterocycles. The smallest absolute Gasteiger partial charge is 0.0645 e. The second kappa shape index (κ2) is 6.72. The van der Waals surface area contributed by atoms with E-state index in [4.69, 9.17) is 10.5 Å². The van der Waals surface area contributed by atoms with E-state index in [9.17, 15) is 0 Å². The van der Waals surface area contributed by atoms with Crippen molar-refractivity contribution in [2.45, 2.75) is 58.4 Å². The summed E-state index contributed by atoms with van der Waals surface area (Å²) >= 11 is 0. The summed E-state index contributed by atoms with van der Waals surface area (Å²) in [6.45, 7) is 10.6. The van der Waals surface area contributed by atoms with E-state index in [0.717, 1.165) is 32.7 Å². The SMILES string of the molecule is CC(C)(CCN)CCCNC1(C)CCCOC1. The molecular weight excluding hydrogens is 212 g/mol. The predicted molar refractivity (Wildman–Crippen MR) is 73.1 cm³/mol. The van der Waals surface area contributed by atoms with Gasteiger partial charge in [0.25, 0.3) is 0 Å². The maximum Gasteiger partial charge on any atom is 0.0645 e. The molecule has 0 saturated carbocycles. The van der Waals surface area contributed by atoms with E-state index in [0.29, 0.717) is 5.41 Å². The van der Waals surface area contributed by atoms with Crippen LogP contribution in [0.15, 0.2) is 0 Å². The fourth-order valence-electron chi connectivity index (χ4n) is 2.55. The molecule has 0 amide bonds. The van der Waals surface area contributed by atoms with Crippen LogP contribution in [0.2, 0.25) is 0 Å². The lowest BCUT2D eigenvalue weighted by molar-refractivity contribution is 0.0282. The summed E-state index contributed by atoms with van der Waals surface area (Å²) in [5.74, 6) is 0. The van der Waals surface area contributed by atoms with Gasteiger partial charge in [0.05, 0.1) is 6.61 Å². The lowest BCUT2D eigenvalue weighted by Crippen LogP contribution is -2.49. The first-order valence-electron chi connectivity index (χ1n) is 7.00. The van der Waals surface area contributed by atoms with Crippen molar-refractivity contribution in [1.82, 2.24) is 5.32 Å². The first kappa shape index (κ1) is 14.9. The topological polar surface area (TPSA) is 47.3 Å². The van der Waals surface area contributed by atoms with Gasteiger partial charge in [-0.25, -0.2) is 0 Å². The van der Waals surface area contributed by atoms with Crippen molar-refractivity contribution in [3.63, 3.8) is 0 Å². The molecule has 0 aromatic rings. The van der Waals surface area contributed by atoms with Crippen LogP contribution in [-0.2, 0) is 4.74 Å². The summed E-state index contributed by atoms with van der Waals surface area (Å²) in [6.07, 6.45) is 6.01. The van der Waals surface area contributed by atoms with Gasteiger partial charge in [-0.05, 0) is 57.5 Å². The molecule has 0 spiro atoms. The Morgan fingerprint density at radius 3 is 2.71 bits per heavy atom. The van der Waals surface area contributed by atoms with Crippen LogP contribution in [0.3, 0.4) is 0 Å². The van der Waals surface area contributed by atoms with Gasteiger partial charge in [-0.15, -0.1) is 0 Å². The molecule has 1 heterocycles. The summed E-state index contributed by atoms with van der Waals surface area (Å²) in [6, 6.07) is 0. The van der Waals surface area contributed by atoms with Crippen molar-refractivity contribution in [2.24, 2.45) is 11.1 Å². The highest BCUT2D eigenvalue weighted by molar-refractivity contribution is 4.85. The van der Waals surface area contributed by atoms with Gasteiger partial charge in [-0.2, -0.15) is 0 Å². The first-order valence-corrected chi connectivity index (χ1v) is 7.00. The number of hydrogen-bond donors (Lipinski definition) is 2. The van der Waals surface area contributed by atoms with Crippen molar-refractivity contribution >= 4 is 0 Å². The zero-order chi connectivity index (χ0) is 12.8. The van der Waals surface area contributed by atoms with Crippen LogP contribution in [-0.4, -0.2) is 31.8 Å². The van der Waals surface area contributed by atoms with Crippen LogP contribution in [0, 0.1) is 5.41 Å². The van der Waals surface area contributed by atoms with Crippen molar-refractivity contribution in [3.8, 4) is 0 Å². The monoisotopic (exact) mass is 242 g/mol. The Hall–Kier alpha value is -0.120. The van der Waals surface area contributed by atoms with Crippen molar-refractivity contribution in [2.75, 3.05) is 26.3 Å². The molecule has 1 rings (SSSR count). The predicted octanol–water partition coefficient (Wildman–Crippen LogP) is 2.30. The van der Waals surface area contributed by atoms with Gasteiger partial charge in [0.1, 0.15) is 0 Å². The van der Waals surface area contributed by atoms with Gasteiger partial charge >= 0.3 is 0 Å². The highest BCUT2D eigenvalue weighted by atomic mass is 16.5. The molecule has 3 heteroatoms. The molecule has 0 aliphatic carbocycles. The molecule has 1 saturated heterocycles. The second-order valence-corrected chi connectivity index (χ2v) is 6.45. The molecule has 1 fully saturated rings. The van der Waals surface area contributed by atoms with Crippen LogP contribution < -0.4 is 11.1 Å². The Balaban J connectivity index is 2.14. The Labute approximate surface area is 106 Å². The van der Waals surface area contributed by atoms with E-state index in [2.05, 4.69) is 26.1 Å². The molecular formula is C14H30N2O. The zero-order valence-electron chi connectivity index (χ0n) is 11.8. The number of rotatable bonds is 7. The van der Waals surface area contributed by atoms with E-state index >= 15 is 0 Å². The average Bonchev–Trinajstić information content (AvgIpc) is 2.26. The van der Waals surface area contributed by atoms with Gasteiger partial charge in [0.2, 0.25) is 0 Å². The molecule has 1 aliphatic heterocycles. The van der Waals surface area contributed by atoms with Crippen LogP contribution in [0.4, 0.5) is 0 Å². The van der Waals surface area contributed by atoms with Crippen LogP contribution in [0.1, 0.15) is 52.9 Å². The van der Waals surface area contributed by atoms with Crippen molar-refractivity contribution in [1.29, 1.82) is 0 Å². The van der Waals surface area contributed by atoms with E-state index in [1.165, 1.54) is 25.7 Å². The van der Waals surface area contributed by atoms with E-state index in [1.807, 2.05) is 0 Å². The Morgan fingerprint density at radius 2 is 2.12 bits per heavy atom. The summed E-state index contributed by atoms with van der Waals surface area (Å²) in [5.41, 5.74) is 6.22. The third-order valence-corrected chi connectivity index (χ3v) is 3.84. The second-order valence-electron chi connectivity index (χ2n) is 6.45. The standard InChI is InChI=1S/C14H30N2O/c1-13(2,8-9-15)6-4-10-16-14(3)7-5-11-17-12-14/h16H,4-12,15H2,1-3H3. The number of nitrogens with one attached hydrogen (secondary N) is 1. The first-order chi connectivity index (χ1) is 7.97. The lowest BCUT2D eigenvalue weighted by atomic mass is 9.84. The highest BCUT2D eigenvalue weighted by Gasteiger charge is 2.26. The van der Waals surface area contributed by atoms with Crippen LogP contribution in [0.25, 0.3) is 0 Å². The maximum absolute atomic E-state index is 5.62.